The quantitative estimate of drug-likeness (QED) is 0.441. The Labute approximate surface area is 46.2 Å². The molecule has 0 aliphatic carbocycles. The van der Waals surface area contributed by atoms with Crippen molar-refractivity contribution in [1.29, 1.82) is 0 Å². The summed E-state index contributed by atoms with van der Waals surface area (Å²) < 4.78 is 0. The molecule has 0 aliphatic heterocycles. The van der Waals surface area contributed by atoms with Crippen molar-refractivity contribution in [3.8, 4) is 0 Å². The summed E-state index contributed by atoms with van der Waals surface area (Å²) in [6.45, 7) is 10.0. The van der Waals surface area contributed by atoms with Crippen LogP contribution in [0.25, 0.3) is 0 Å². The minimum atomic E-state index is 0.463. The molecule has 0 heterocycles. The summed E-state index contributed by atoms with van der Waals surface area (Å²) >= 11 is 0. The van der Waals surface area contributed by atoms with E-state index in [-0.39, 0.29) is 0 Å². The van der Waals surface area contributed by atoms with Crippen molar-refractivity contribution in [1.82, 2.24) is 0 Å². The van der Waals surface area contributed by atoms with E-state index in [2.05, 4.69) is 33.8 Å². The summed E-state index contributed by atoms with van der Waals surface area (Å²) in [5, 5.41) is 0. The molecule has 0 N–H and O–H groups in total. The molecule has 0 amide bonds. The fraction of sp³-hybridized carbons (Fsp3) is 0.571. The Morgan fingerprint density at radius 3 is 2.00 bits per heavy atom. The maximum atomic E-state index is 3.80. The molecule has 0 spiro atoms. The van der Waals surface area contributed by atoms with Gasteiger partial charge in [0.05, 0.1) is 0 Å². The Balaban J connectivity index is 3.45. The van der Waals surface area contributed by atoms with Crippen LogP contribution >= 0.6 is 0 Å². The lowest BCUT2D eigenvalue weighted by atomic mass is 10.1. The van der Waals surface area contributed by atoms with Gasteiger partial charge in [0.1, 0.15) is 0 Å². The van der Waals surface area contributed by atoms with E-state index in [4.69, 9.17) is 0 Å². The van der Waals surface area contributed by atoms with Gasteiger partial charge in [-0.3, -0.25) is 0 Å². The molecule has 41 valence electrons. The minimum Gasteiger partial charge on any atom is -0.0830 e. The highest BCUT2D eigenvalue weighted by molar-refractivity contribution is 4.96. The number of hydrogen-bond acceptors (Lipinski definition) is 0. The van der Waals surface area contributed by atoms with Gasteiger partial charge in [-0.05, 0) is 26.7 Å². The highest BCUT2D eigenvalue weighted by atomic mass is 13.9. The lowest BCUT2D eigenvalue weighted by Crippen LogP contribution is -1.78. The van der Waals surface area contributed by atoms with Crippen LogP contribution in [-0.2, 0) is 0 Å². The molecular formula is C7H13. The van der Waals surface area contributed by atoms with Gasteiger partial charge in [0.15, 0.2) is 0 Å². The van der Waals surface area contributed by atoms with Gasteiger partial charge < -0.3 is 0 Å². The summed E-state index contributed by atoms with van der Waals surface area (Å²) in [7, 11) is 0. The van der Waals surface area contributed by atoms with Crippen molar-refractivity contribution >= 4 is 0 Å². The molecule has 1 unspecified atom stereocenters. The van der Waals surface area contributed by atoms with Gasteiger partial charge in [0.25, 0.3) is 0 Å². The van der Waals surface area contributed by atoms with Crippen LogP contribution in [0.2, 0.25) is 0 Å². The van der Waals surface area contributed by atoms with Crippen molar-refractivity contribution in [2.75, 3.05) is 0 Å². The standard InChI is InChI=1S/C7H13/c1-6(2)5-7(3)4/h5-6H,1H2,2-4H3. The summed E-state index contributed by atoms with van der Waals surface area (Å²) in [6.07, 6.45) is 2.14. The van der Waals surface area contributed by atoms with E-state index in [0.717, 1.165) is 0 Å². The average Bonchev–Trinajstić information content (AvgIpc) is 1.27. The zero-order valence-electron chi connectivity index (χ0n) is 5.36. The topological polar surface area (TPSA) is 0 Å². The van der Waals surface area contributed by atoms with Crippen molar-refractivity contribution in [2.24, 2.45) is 5.92 Å². The van der Waals surface area contributed by atoms with E-state index in [1.165, 1.54) is 5.57 Å². The van der Waals surface area contributed by atoms with E-state index in [0.29, 0.717) is 5.92 Å². The number of rotatable bonds is 1. The molecule has 0 rings (SSSR count). The van der Waals surface area contributed by atoms with Gasteiger partial charge in [-0.2, -0.15) is 0 Å². The fourth-order valence-corrected chi connectivity index (χ4v) is 0.569. The van der Waals surface area contributed by atoms with E-state index < -0.39 is 0 Å². The molecule has 0 fully saturated rings. The second-order valence-electron chi connectivity index (χ2n) is 2.22. The van der Waals surface area contributed by atoms with Crippen molar-refractivity contribution in [3.63, 3.8) is 0 Å². The first-order chi connectivity index (χ1) is 3.13. The Hall–Kier alpha value is -0.260. The van der Waals surface area contributed by atoms with Gasteiger partial charge in [0, 0.05) is 0 Å². The van der Waals surface area contributed by atoms with Crippen LogP contribution in [0.3, 0.4) is 0 Å². The van der Waals surface area contributed by atoms with Gasteiger partial charge >= 0.3 is 0 Å². The largest absolute Gasteiger partial charge is 0.0830 e. The van der Waals surface area contributed by atoms with Gasteiger partial charge in [0.2, 0.25) is 0 Å². The third-order valence-electron chi connectivity index (χ3n) is 0.618. The first-order valence-corrected chi connectivity index (χ1v) is 2.61. The Morgan fingerprint density at radius 1 is 1.57 bits per heavy atom. The van der Waals surface area contributed by atoms with Crippen LogP contribution < -0.4 is 0 Å². The molecule has 1 radical (unpaired) electrons. The van der Waals surface area contributed by atoms with E-state index in [1.54, 1.807) is 0 Å². The molecular weight excluding hydrogens is 84.1 g/mol. The first kappa shape index (κ1) is 6.74. The van der Waals surface area contributed by atoms with Crippen LogP contribution in [0.15, 0.2) is 11.6 Å². The van der Waals surface area contributed by atoms with Crippen molar-refractivity contribution < 1.29 is 0 Å². The molecule has 0 saturated heterocycles. The molecule has 0 aromatic carbocycles. The van der Waals surface area contributed by atoms with Crippen LogP contribution in [0.4, 0.5) is 0 Å². The summed E-state index contributed by atoms with van der Waals surface area (Å²) in [5.41, 5.74) is 1.35. The second kappa shape index (κ2) is 2.84. The SMILES string of the molecule is [CH2]C(C)C=C(C)C. The second-order valence-corrected chi connectivity index (χ2v) is 2.22. The fourth-order valence-electron chi connectivity index (χ4n) is 0.569. The maximum Gasteiger partial charge on any atom is -0.0259 e. The zero-order chi connectivity index (χ0) is 5.86. The molecule has 7 heavy (non-hydrogen) atoms. The number of hydrogen-bond donors (Lipinski definition) is 0. The molecule has 0 aromatic rings. The molecule has 0 heteroatoms. The molecule has 1 atom stereocenters. The summed E-state index contributed by atoms with van der Waals surface area (Å²) in [5.74, 6) is 0.463. The predicted molar refractivity (Wildman–Crippen MR) is 34.0 cm³/mol. The van der Waals surface area contributed by atoms with E-state index in [9.17, 15) is 0 Å². The highest BCUT2D eigenvalue weighted by Crippen LogP contribution is 1.97. The van der Waals surface area contributed by atoms with Gasteiger partial charge in [-0.15, -0.1) is 0 Å². The van der Waals surface area contributed by atoms with Gasteiger partial charge in [-0.25, -0.2) is 0 Å². The van der Waals surface area contributed by atoms with Crippen LogP contribution in [0.5, 0.6) is 0 Å². The molecule has 0 aliphatic rings. The van der Waals surface area contributed by atoms with Crippen LogP contribution in [0, 0.1) is 12.8 Å². The number of allylic oxidation sites excluding steroid dienone is 2. The van der Waals surface area contributed by atoms with E-state index >= 15 is 0 Å². The third kappa shape index (κ3) is 5.74. The maximum absolute atomic E-state index is 3.80. The predicted octanol–water partition coefficient (Wildman–Crippen LogP) is 2.42. The Kier molecular flexibility index (Phi) is 2.73. The van der Waals surface area contributed by atoms with Crippen LogP contribution in [-0.4, -0.2) is 0 Å². The molecule has 0 aromatic heterocycles. The minimum absolute atomic E-state index is 0.463. The van der Waals surface area contributed by atoms with Gasteiger partial charge in [-0.1, -0.05) is 18.6 Å². The Bertz CT molecular complexity index is 64.1. The van der Waals surface area contributed by atoms with Crippen molar-refractivity contribution in [3.05, 3.63) is 18.6 Å². The molecule has 0 bridgehead atoms. The first-order valence-electron chi connectivity index (χ1n) is 2.61. The summed E-state index contributed by atoms with van der Waals surface area (Å²) in [6, 6.07) is 0. The lowest BCUT2D eigenvalue weighted by Gasteiger charge is -1.92. The smallest absolute Gasteiger partial charge is 0.0259 e. The molecule has 0 saturated carbocycles. The van der Waals surface area contributed by atoms with Crippen LogP contribution in [0.1, 0.15) is 20.8 Å². The Morgan fingerprint density at radius 2 is 2.00 bits per heavy atom. The third-order valence-corrected chi connectivity index (χ3v) is 0.618. The normalized spacial score (nSPS) is 9.29. The van der Waals surface area contributed by atoms with Crippen molar-refractivity contribution in [2.45, 2.75) is 20.8 Å². The lowest BCUT2D eigenvalue weighted by molar-refractivity contribution is 0.921. The average molecular weight is 97.2 g/mol. The van der Waals surface area contributed by atoms with E-state index in [1.807, 2.05) is 0 Å². The molecule has 0 nitrogen and oxygen atoms in total. The zero-order valence-corrected chi connectivity index (χ0v) is 5.36. The summed E-state index contributed by atoms with van der Waals surface area (Å²) in [4.78, 5) is 0. The monoisotopic (exact) mass is 97.1 g/mol. The highest BCUT2D eigenvalue weighted by Gasteiger charge is 1.82.